The number of carbonyl (C=O) groups excluding carboxylic acids is 2. The predicted molar refractivity (Wildman–Crippen MR) is 72.7 cm³/mol. The summed E-state index contributed by atoms with van der Waals surface area (Å²) in [5, 5.41) is 2.76. The van der Waals surface area contributed by atoms with Crippen LogP contribution in [0.2, 0.25) is 0 Å². The van der Waals surface area contributed by atoms with E-state index in [1.165, 1.54) is 0 Å². The smallest absolute Gasteiger partial charge is 0.251 e. The minimum Gasteiger partial charge on any atom is -0.344 e. The molecular weight excluding hydrogens is 331 g/mol. The van der Waals surface area contributed by atoms with Gasteiger partial charge in [-0.05, 0) is 53.3 Å². The third-order valence-corrected chi connectivity index (χ3v) is 3.56. The SMILES string of the molecule is CN1CCC(NC(=O)c2ccc(I)cc2)C1=O. The van der Waals surface area contributed by atoms with E-state index in [9.17, 15) is 9.59 Å². The molecule has 0 bridgehead atoms. The van der Waals surface area contributed by atoms with Crippen molar-refractivity contribution in [1.29, 1.82) is 0 Å². The van der Waals surface area contributed by atoms with Gasteiger partial charge in [-0.25, -0.2) is 0 Å². The van der Waals surface area contributed by atoms with Crippen molar-refractivity contribution < 1.29 is 9.59 Å². The lowest BCUT2D eigenvalue weighted by Crippen LogP contribution is -2.40. The summed E-state index contributed by atoms with van der Waals surface area (Å²) in [7, 11) is 1.75. The Morgan fingerprint density at radius 2 is 2.06 bits per heavy atom. The van der Waals surface area contributed by atoms with E-state index < -0.39 is 0 Å². The number of rotatable bonds is 2. The number of carbonyl (C=O) groups is 2. The first-order chi connectivity index (χ1) is 8.08. The first kappa shape index (κ1) is 12.3. The molecule has 0 aliphatic carbocycles. The Morgan fingerprint density at radius 3 is 2.59 bits per heavy atom. The van der Waals surface area contributed by atoms with E-state index in [1.54, 1.807) is 24.1 Å². The van der Waals surface area contributed by atoms with E-state index in [0.29, 0.717) is 18.5 Å². The van der Waals surface area contributed by atoms with Crippen molar-refractivity contribution in [2.75, 3.05) is 13.6 Å². The third kappa shape index (κ3) is 2.77. The van der Waals surface area contributed by atoms with Gasteiger partial charge in [-0.2, -0.15) is 0 Å². The standard InChI is InChI=1S/C12H13IN2O2/c1-15-7-6-10(12(15)17)14-11(16)8-2-4-9(13)5-3-8/h2-5,10H,6-7H2,1H3,(H,14,16). The minimum atomic E-state index is -0.369. The average Bonchev–Trinajstić information content (AvgIpc) is 2.62. The highest BCUT2D eigenvalue weighted by Gasteiger charge is 2.30. The van der Waals surface area contributed by atoms with Crippen LogP contribution in [0.15, 0.2) is 24.3 Å². The summed E-state index contributed by atoms with van der Waals surface area (Å²) in [6.45, 7) is 0.705. The van der Waals surface area contributed by atoms with Crippen LogP contribution in [0.25, 0.3) is 0 Å². The molecule has 1 saturated heterocycles. The number of nitrogens with zero attached hydrogens (tertiary/aromatic N) is 1. The second kappa shape index (κ2) is 5.03. The van der Waals surface area contributed by atoms with Gasteiger partial charge in [0.1, 0.15) is 6.04 Å². The molecule has 17 heavy (non-hydrogen) atoms. The van der Waals surface area contributed by atoms with Gasteiger partial charge in [-0.3, -0.25) is 9.59 Å². The number of hydrogen-bond donors (Lipinski definition) is 1. The highest BCUT2D eigenvalue weighted by Crippen LogP contribution is 2.11. The maximum Gasteiger partial charge on any atom is 0.251 e. The fraction of sp³-hybridized carbons (Fsp3) is 0.333. The van der Waals surface area contributed by atoms with E-state index in [0.717, 1.165) is 3.57 Å². The third-order valence-electron chi connectivity index (χ3n) is 2.84. The number of amides is 2. The zero-order valence-electron chi connectivity index (χ0n) is 9.44. The highest BCUT2D eigenvalue weighted by atomic mass is 127. The van der Waals surface area contributed by atoms with Crippen LogP contribution in [0.1, 0.15) is 16.8 Å². The maximum atomic E-state index is 11.9. The normalized spacial score (nSPS) is 19.5. The molecule has 1 aliphatic rings. The zero-order valence-corrected chi connectivity index (χ0v) is 11.6. The Bertz CT molecular complexity index is 444. The van der Waals surface area contributed by atoms with Gasteiger partial charge in [-0.1, -0.05) is 0 Å². The van der Waals surface area contributed by atoms with Crippen LogP contribution in [-0.2, 0) is 4.79 Å². The number of nitrogens with one attached hydrogen (secondary N) is 1. The Hall–Kier alpha value is -1.11. The first-order valence-corrected chi connectivity index (χ1v) is 6.47. The van der Waals surface area contributed by atoms with Crippen LogP contribution in [0, 0.1) is 3.57 Å². The molecule has 0 saturated carbocycles. The molecule has 0 radical (unpaired) electrons. The number of likely N-dealkylation sites (tertiary alicyclic amines) is 1. The number of hydrogen-bond acceptors (Lipinski definition) is 2. The van der Waals surface area contributed by atoms with Gasteiger partial charge in [0, 0.05) is 22.7 Å². The average molecular weight is 344 g/mol. The highest BCUT2D eigenvalue weighted by molar-refractivity contribution is 14.1. The van der Waals surface area contributed by atoms with Crippen molar-refractivity contribution >= 4 is 34.4 Å². The zero-order chi connectivity index (χ0) is 12.4. The minimum absolute atomic E-state index is 0.0103. The largest absolute Gasteiger partial charge is 0.344 e. The van der Waals surface area contributed by atoms with Crippen LogP contribution in [-0.4, -0.2) is 36.3 Å². The number of likely N-dealkylation sites (N-methyl/N-ethyl adjacent to an activating group) is 1. The monoisotopic (exact) mass is 344 g/mol. The van der Waals surface area contributed by atoms with Crippen LogP contribution < -0.4 is 5.32 Å². The summed E-state index contributed by atoms with van der Waals surface area (Å²) in [4.78, 5) is 25.2. The van der Waals surface area contributed by atoms with Crippen LogP contribution >= 0.6 is 22.6 Å². The molecule has 2 rings (SSSR count). The lowest BCUT2D eigenvalue weighted by atomic mass is 10.2. The van der Waals surface area contributed by atoms with E-state index in [2.05, 4.69) is 27.9 Å². The Kier molecular flexibility index (Phi) is 3.66. The first-order valence-electron chi connectivity index (χ1n) is 5.39. The summed E-state index contributed by atoms with van der Waals surface area (Å²) in [5.41, 5.74) is 0.591. The molecule has 1 atom stereocenters. The van der Waals surface area contributed by atoms with Crippen molar-refractivity contribution in [2.24, 2.45) is 0 Å². The molecule has 1 unspecified atom stereocenters. The molecule has 1 aliphatic heterocycles. The van der Waals surface area contributed by atoms with Gasteiger partial charge < -0.3 is 10.2 Å². The molecule has 1 aromatic rings. The lowest BCUT2D eigenvalue weighted by molar-refractivity contribution is -0.128. The molecule has 2 amide bonds. The second-order valence-electron chi connectivity index (χ2n) is 4.08. The van der Waals surface area contributed by atoms with E-state index in [1.807, 2.05) is 12.1 Å². The quantitative estimate of drug-likeness (QED) is 0.821. The fourth-order valence-electron chi connectivity index (χ4n) is 1.80. The number of halogens is 1. The van der Waals surface area contributed by atoms with Crippen molar-refractivity contribution in [3.05, 3.63) is 33.4 Å². The predicted octanol–water partition coefficient (Wildman–Crippen LogP) is 1.25. The Morgan fingerprint density at radius 1 is 1.41 bits per heavy atom. The molecule has 5 heteroatoms. The van der Waals surface area contributed by atoms with E-state index in [4.69, 9.17) is 0 Å². The van der Waals surface area contributed by atoms with Crippen molar-refractivity contribution in [1.82, 2.24) is 10.2 Å². The number of benzene rings is 1. The van der Waals surface area contributed by atoms with Crippen molar-refractivity contribution in [2.45, 2.75) is 12.5 Å². The van der Waals surface area contributed by atoms with E-state index in [-0.39, 0.29) is 17.9 Å². The Balaban J connectivity index is 2.02. The molecule has 1 heterocycles. The van der Waals surface area contributed by atoms with E-state index >= 15 is 0 Å². The van der Waals surface area contributed by atoms with Gasteiger partial charge in [-0.15, -0.1) is 0 Å². The molecule has 1 fully saturated rings. The summed E-state index contributed by atoms with van der Waals surface area (Å²) in [6.07, 6.45) is 0.686. The van der Waals surface area contributed by atoms with Gasteiger partial charge in [0.05, 0.1) is 0 Å². The Labute approximate surface area is 114 Å². The molecule has 4 nitrogen and oxygen atoms in total. The van der Waals surface area contributed by atoms with Crippen LogP contribution in [0.5, 0.6) is 0 Å². The topological polar surface area (TPSA) is 49.4 Å². The molecular formula is C12H13IN2O2. The van der Waals surface area contributed by atoms with Crippen molar-refractivity contribution in [3.8, 4) is 0 Å². The fourth-order valence-corrected chi connectivity index (χ4v) is 2.16. The van der Waals surface area contributed by atoms with Gasteiger partial charge >= 0.3 is 0 Å². The van der Waals surface area contributed by atoms with Gasteiger partial charge in [0.2, 0.25) is 5.91 Å². The summed E-state index contributed by atoms with van der Waals surface area (Å²) in [5.74, 6) is -0.195. The lowest BCUT2D eigenvalue weighted by Gasteiger charge is -2.12. The van der Waals surface area contributed by atoms with Crippen LogP contribution in [0.4, 0.5) is 0 Å². The van der Waals surface area contributed by atoms with Crippen molar-refractivity contribution in [3.63, 3.8) is 0 Å². The molecule has 90 valence electrons. The summed E-state index contributed by atoms with van der Waals surface area (Å²) in [6, 6.07) is 6.91. The summed E-state index contributed by atoms with van der Waals surface area (Å²) >= 11 is 2.18. The maximum absolute atomic E-state index is 11.9. The molecule has 1 N–H and O–H groups in total. The van der Waals surface area contributed by atoms with Gasteiger partial charge in [0.25, 0.3) is 5.91 Å². The molecule has 0 spiro atoms. The van der Waals surface area contributed by atoms with Crippen LogP contribution in [0.3, 0.4) is 0 Å². The summed E-state index contributed by atoms with van der Waals surface area (Å²) < 4.78 is 1.08. The van der Waals surface area contributed by atoms with Gasteiger partial charge in [0.15, 0.2) is 0 Å². The second-order valence-corrected chi connectivity index (χ2v) is 5.33. The molecule has 0 aromatic heterocycles. The molecule has 1 aromatic carbocycles.